The number of carbonyl (C=O) groups is 1. The van der Waals surface area contributed by atoms with E-state index in [9.17, 15) is 4.79 Å². The molecule has 1 atom stereocenters. The molecular weight excluding hydrogens is 256 g/mol. The van der Waals surface area contributed by atoms with E-state index < -0.39 is 0 Å². The predicted octanol–water partition coefficient (Wildman–Crippen LogP) is 3.77. The Labute approximate surface area is 116 Å². The zero-order valence-electron chi connectivity index (χ0n) is 10.6. The van der Waals surface area contributed by atoms with Crippen LogP contribution < -0.4 is 4.74 Å². The van der Waals surface area contributed by atoms with Gasteiger partial charge in [0.15, 0.2) is 5.78 Å². The van der Waals surface area contributed by atoms with Gasteiger partial charge in [-0.3, -0.25) is 4.79 Å². The summed E-state index contributed by atoms with van der Waals surface area (Å²) in [4.78, 5) is 13.6. The molecule has 0 unspecified atom stereocenters. The number of hydrogen-bond donors (Lipinski definition) is 0. The topological polar surface area (TPSA) is 26.3 Å². The molecule has 2 aromatic rings. The molecule has 0 saturated carbocycles. The average molecular weight is 270 g/mol. The Kier molecular flexibility index (Phi) is 3.30. The van der Waals surface area contributed by atoms with Crippen LogP contribution in [0, 0.1) is 0 Å². The van der Waals surface area contributed by atoms with Crippen molar-refractivity contribution in [2.45, 2.75) is 10.8 Å². The number of fused-ring (bicyclic) bond motifs is 1. The van der Waals surface area contributed by atoms with E-state index in [4.69, 9.17) is 4.74 Å². The van der Waals surface area contributed by atoms with Gasteiger partial charge in [-0.05, 0) is 23.8 Å². The minimum atomic E-state index is -0.0351. The fraction of sp³-hybridized carbons (Fsp3) is 0.188. The van der Waals surface area contributed by atoms with E-state index in [-0.39, 0.29) is 11.7 Å². The maximum atomic E-state index is 12.6. The van der Waals surface area contributed by atoms with Crippen molar-refractivity contribution in [3.63, 3.8) is 0 Å². The number of Topliss-reactive ketones (excluding diaryl/α,β-unsaturated/α-hetero) is 1. The van der Waals surface area contributed by atoms with Gasteiger partial charge in [-0.2, -0.15) is 0 Å². The summed E-state index contributed by atoms with van der Waals surface area (Å²) in [6.07, 6.45) is 0. The van der Waals surface area contributed by atoms with E-state index in [0.29, 0.717) is 0 Å². The van der Waals surface area contributed by atoms with E-state index in [1.54, 1.807) is 18.9 Å². The molecule has 1 heterocycles. The van der Waals surface area contributed by atoms with Gasteiger partial charge in [0.05, 0.1) is 13.0 Å². The zero-order valence-corrected chi connectivity index (χ0v) is 11.4. The molecule has 96 valence electrons. The molecule has 0 amide bonds. The van der Waals surface area contributed by atoms with E-state index >= 15 is 0 Å². The smallest absolute Gasteiger partial charge is 0.172 e. The molecule has 0 bridgehead atoms. The number of hydrogen-bond acceptors (Lipinski definition) is 3. The Bertz CT molecular complexity index is 607. The molecule has 0 fully saturated rings. The van der Waals surface area contributed by atoms with Crippen LogP contribution in [-0.2, 0) is 0 Å². The second kappa shape index (κ2) is 5.10. The van der Waals surface area contributed by atoms with E-state index in [2.05, 4.69) is 0 Å². The van der Waals surface area contributed by atoms with Gasteiger partial charge in [0, 0.05) is 16.2 Å². The monoisotopic (exact) mass is 270 g/mol. The Balaban J connectivity index is 1.97. The minimum absolute atomic E-state index is 0.0351. The first-order chi connectivity index (χ1) is 9.29. The van der Waals surface area contributed by atoms with Crippen molar-refractivity contribution in [2.24, 2.45) is 0 Å². The van der Waals surface area contributed by atoms with Crippen molar-refractivity contribution in [2.75, 3.05) is 12.9 Å². The lowest BCUT2D eigenvalue weighted by molar-refractivity contribution is 0.0962. The third-order valence-corrected chi connectivity index (χ3v) is 4.53. The molecule has 0 N–H and O–H groups in total. The first kappa shape index (κ1) is 12.3. The summed E-state index contributed by atoms with van der Waals surface area (Å²) in [5, 5.41) is 0. The second-order valence-corrected chi connectivity index (χ2v) is 5.56. The molecule has 0 saturated heterocycles. The quantitative estimate of drug-likeness (QED) is 0.831. The number of thioether (sulfide) groups is 1. The summed E-state index contributed by atoms with van der Waals surface area (Å²) in [5.41, 5.74) is 1.91. The maximum absolute atomic E-state index is 12.6. The highest BCUT2D eigenvalue weighted by atomic mass is 32.2. The average Bonchev–Trinajstić information content (AvgIpc) is 2.48. The van der Waals surface area contributed by atoms with Gasteiger partial charge < -0.3 is 4.74 Å². The number of benzene rings is 2. The SMILES string of the molecule is COc1ccc2c(c1)SC[C@@H](c1ccccc1)C2=O. The number of methoxy groups -OCH3 is 1. The molecule has 3 heteroatoms. The summed E-state index contributed by atoms with van der Waals surface area (Å²) in [5.74, 6) is 1.77. The van der Waals surface area contributed by atoms with E-state index in [0.717, 1.165) is 27.5 Å². The summed E-state index contributed by atoms with van der Waals surface area (Å²) < 4.78 is 5.20. The summed E-state index contributed by atoms with van der Waals surface area (Å²) in [6, 6.07) is 15.7. The van der Waals surface area contributed by atoms with Crippen molar-refractivity contribution in [1.29, 1.82) is 0 Å². The van der Waals surface area contributed by atoms with Gasteiger partial charge in [-0.1, -0.05) is 30.3 Å². The van der Waals surface area contributed by atoms with Crippen LogP contribution in [0.15, 0.2) is 53.4 Å². The van der Waals surface area contributed by atoms with Gasteiger partial charge >= 0.3 is 0 Å². The summed E-state index contributed by atoms with van der Waals surface area (Å²) >= 11 is 1.72. The van der Waals surface area contributed by atoms with Gasteiger partial charge in [0.1, 0.15) is 5.75 Å². The molecule has 1 aliphatic heterocycles. The maximum Gasteiger partial charge on any atom is 0.172 e. The fourth-order valence-corrected chi connectivity index (χ4v) is 3.54. The van der Waals surface area contributed by atoms with Crippen molar-refractivity contribution >= 4 is 17.5 Å². The van der Waals surface area contributed by atoms with Crippen LogP contribution >= 0.6 is 11.8 Å². The lowest BCUT2D eigenvalue weighted by atomic mass is 9.91. The van der Waals surface area contributed by atoms with Crippen LogP contribution in [0.4, 0.5) is 0 Å². The van der Waals surface area contributed by atoms with Crippen LogP contribution in [0.1, 0.15) is 21.8 Å². The highest BCUT2D eigenvalue weighted by Gasteiger charge is 2.29. The normalized spacial score (nSPS) is 17.9. The highest BCUT2D eigenvalue weighted by molar-refractivity contribution is 7.99. The van der Waals surface area contributed by atoms with E-state index in [1.807, 2.05) is 48.5 Å². The van der Waals surface area contributed by atoms with Gasteiger partial charge in [0.2, 0.25) is 0 Å². The molecular formula is C16H14O2S. The Morgan fingerprint density at radius 1 is 1.16 bits per heavy atom. The summed E-state index contributed by atoms with van der Waals surface area (Å²) in [7, 11) is 1.64. The fourth-order valence-electron chi connectivity index (χ4n) is 2.32. The third kappa shape index (κ3) is 2.26. The molecule has 0 aliphatic carbocycles. The van der Waals surface area contributed by atoms with Crippen LogP contribution in [0.25, 0.3) is 0 Å². The third-order valence-electron chi connectivity index (χ3n) is 3.38. The largest absolute Gasteiger partial charge is 0.497 e. The number of rotatable bonds is 2. The Morgan fingerprint density at radius 2 is 1.95 bits per heavy atom. The standard InChI is InChI=1S/C16H14O2S/c1-18-12-7-8-13-15(9-12)19-10-14(16(13)17)11-5-3-2-4-6-11/h2-9,14H,10H2,1H3/t14-/m0/s1. The molecule has 1 aliphatic rings. The van der Waals surface area contributed by atoms with Crippen LogP contribution in [0.3, 0.4) is 0 Å². The molecule has 3 rings (SSSR count). The lowest BCUT2D eigenvalue weighted by Gasteiger charge is -2.23. The van der Waals surface area contributed by atoms with Crippen molar-refractivity contribution in [3.05, 3.63) is 59.7 Å². The summed E-state index contributed by atoms with van der Waals surface area (Å²) in [6.45, 7) is 0. The highest BCUT2D eigenvalue weighted by Crippen LogP contribution is 2.39. The van der Waals surface area contributed by atoms with Crippen LogP contribution in [0.5, 0.6) is 5.75 Å². The van der Waals surface area contributed by atoms with Crippen molar-refractivity contribution < 1.29 is 9.53 Å². The van der Waals surface area contributed by atoms with Gasteiger partial charge in [-0.25, -0.2) is 0 Å². The minimum Gasteiger partial charge on any atom is -0.497 e. The zero-order chi connectivity index (χ0) is 13.2. The molecule has 2 nitrogen and oxygen atoms in total. The Morgan fingerprint density at radius 3 is 2.68 bits per heavy atom. The molecule has 0 radical (unpaired) electrons. The van der Waals surface area contributed by atoms with E-state index in [1.165, 1.54) is 0 Å². The van der Waals surface area contributed by atoms with Gasteiger partial charge in [0.25, 0.3) is 0 Å². The number of ether oxygens (including phenoxy) is 1. The molecule has 0 spiro atoms. The van der Waals surface area contributed by atoms with Crippen molar-refractivity contribution in [3.8, 4) is 5.75 Å². The lowest BCUT2D eigenvalue weighted by Crippen LogP contribution is -2.20. The number of carbonyl (C=O) groups excluding carboxylic acids is 1. The predicted molar refractivity (Wildman–Crippen MR) is 77.2 cm³/mol. The van der Waals surface area contributed by atoms with Crippen LogP contribution in [-0.4, -0.2) is 18.6 Å². The van der Waals surface area contributed by atoms with Crippen molar-refractivity contribution in [1.82, 2.24) is 0 Å². The number of ketones is 1. The second-order valence-electron chi connectivity index (χ2n) is 4.50. The molecule has 19 heavy (non-hydrogen) atoms. The molecule has 0 aromatic heterocycles. The van der Waals surface area contributed by atoms with Crippen LogP contribution in [0.2, 0.25) is 0 Å². The molecule has 2 aromatic carbocycles. The first-order valence-electron chi connectivity index (χ1n) is 6.19. The van der Waals surface area contributed by atoms with Gasteiger partial charge in [-0.15, -0.1) is 11.8 Å². The first-order valence-corrected chi connectivity index (χ1v) is 7.18. The Hall–Kier alpha value is -1.74.